The first-order valence-corrected chi connectivity index (χ1v) is 12.9. The fraction of sp³-hybridized carbons (Fsp3) is 0.143. The van der Waals surface area contributed by atoms with Crippen LogP contribution in [0.1, 0.15) is 27.2 Å². The molecule has 0 unspecified atom stereocenters. The molecule has 0 N–H and O–H groups in total. The number of amides is 1. The van der Waals surface area contributed by atoms with Crippen LogP contribution in [0.25, 0.3) is 0 Å². The van der Waals surface area contributed by atoms with Gasteiger partial charge in [0, 0.05) is 12.1 Å². The summed E-state index contributed by atoms with van der Waals surface area (Å²) in [4.78, 5) is 19.2. The predicted molar refractivity (Wildman–Crippen MR) is 136 cm³/mol. The van der Waals surface area contributed by atoms with E-state index in [1.165, 1.54) is 0 Å². The highest BCUT2D eigenvalue weighted by atomic mass is 32.2. The summed E-state index contributed by atoms with van der Waals surface area (Å²) >= 11 is 0. The Morgan fingerprint density at radius 2 is 1.46 bits per heavy atom. The minimum atomic E-state index is -3.74. The van der Waals surface area contributed by atoms with E-state index in [1.807, 2.05) is 66.7 Å². The van der Waals surface area contributed by atoms with E-state index in [4.69, 9.17) is 0 Å². The largest absolute Gasteiger partial charge is 0.329 e. The average molecular weight is 486 g/mol. The Balaban J connectivity index is 1.71. The second-order valence-corrected chi connectivity index (χ2v) is 10.1. The standard InChI is InChI=1S/C28H27N3O3S/c1-2-18-30(27(32)25-16-10-5-11-17-25)21-26-19-29-28(31(26)20-23-12-6-3-7-13-23)35(33,34)22-24-14-8-4-9-15-24/h2-17,19H,1,18,20-22H2. The molecule has 0 spiro atoms. The maximum atomic E-state index is 13.4. The van der Waals surface area contributed by atoms with Crippen LogP contribution in [0.3, 0.4) is 0 Å². The van der Waals surface area contributed by atoms with E-state index >= 15 is 0 Å². The molecule has 4 rings (SSSR count). The second-order valence-electron chi connectivity index (χ2n) is 8.19. The van der Waals surface area contributed by atoms with E-state index in [0.29, 0.717) is 29.9 Å². The molecule has 1 amide bonds. The topological polar surface area (TPSA) is 72.3 Å². The van der Waals surface area contributed by atoms with E-state index in [2.05, 4.69) is 11.6 Å². The van der Waals surface area contributed by atoms with Crippen molar-refractivity contribution >= 4 is 15.7 Å². The van der Waals surface area contributed by atoms with Crippen LogP contribution in [-0.2, 0) is 28.7 Å². The molecule has 0 aliphatic rings. The first-order chi connectivity index (χ1) is 17.0. The molecule has 4 aromatic rings. The first-order valence-electron chi connectivity index (χ1n) is 11.3. The minimum Gasteiger partial charge on any atom is -0.329 e. The number of hydrogen-bond acceptors (Lipinski definition) is 4. The third-order valence-corrected chi connectivity index (χ3v) is 7.17. The summed E-state index contributed by atoms with van der Waals surface area (Å²) in [5, 5.41) is -0.00841. The van der Waals surface area contributed by atoms with Gasteiger partial charge in [-0.3, -0.25) is 4.79 Å². The molecule has 0 radical (unpaired) electrons. The molecule has 0 saturated carbocycles. The zero-order valence-corrected chi connectivity index (χ0v) is 20.1. The number of benzene rings is 3. The van der Waals surface area contributed by atoms with Gasteiger partial charge in [0.05, 0.1) is 30.7 Å². The molecule has 0 aliphatic heterocycles. The second kappa shape index (κ2) is 11.0. The maximum Gasteiger partial charge on any atom is 0.254 e. The van der Waals surface area contributed by atoms with E-state index < -0.39 is 9.84 Å². The highest BCUT2D eigenvalue weighted by Crippen LogP contribution is 2.21. The quantitative estimate of drug-likeness (QED) is 0.304. The van der Waals surface area contributed by atoms with Gasteiger partial charge in [0.1, 0.15) is 0 Å². The molecule has 0 aliphatic carbocycles. The fourth-order valence-corrected chi connectivity index (χ4v) is 5.38. The van der Waals surface area contributed by atoms with Gasteiger partial charge in [-0.05, 0) is 23.3 Å². The number of hydrogen-bond donors (Lipinski definition) is 0. The zero-order chi connectivity index (χ0) is 24.7. The Morgan fingerprint density at radius 3 is 2.06 bits per heavy atom. The summed E-state index contributed by atoms with van der Waals surface area (Å²) in [6.07, 6.45) is 3.21. The molecule has 1 aromatic heterocycles. The minimum absolute atomic E-state index is 0.00841. The Hall–Kier alpha value is -3.97. The number of aromatic nitrogens is 2. The number of carbonyl (C=O) groups is 1. The van der Waals surface area contributed by atoms with Gasteiger partial charge in [0.25, 0.3) is 5.91 Å². The van der Waals surface area contributed by atoms with Crippen molar-refractivity contribution in [3.63, 3.8) is 0 Å². The van der Waals surface area contributed by atoms with Crippen LogP contribution in [-0.4, -0.2) is 35.3 Å². The Morgan fingerprint density at radius 1 is 0.886 bits per heavy atom. The summed E-state index contributed by atoms with van der Waals surface area (Å²) in [7, 11) is -3.74. The lowest BCUT2D eigenvalue weighted by Crippen LogP contribution is -2.32. The van der Waals surface area contributed by atoms with Crippen LogP contribution < -0.4 is 0 Å². The lowest BCUT2D eigenvalue weighted by molar-refractivity contribution is 0.0759. The van der Waals surface area contributed by atoms with Crippen LogP contribution in [0.2, 0.25) is 0 Å². The maximum absolute atomic E-state index is 13.4. The summed E-state index contributed by atoms with van der Waals surface area (Å²) in [5.41, 5.74) is 2.82. The summed E-state index contributed by atoms with van der Waals surface area (Å²) < 4.78 is 28.5. The SMILES string of the molecule is C=CCN(Cc1cnc(S(=O)(=O)Cc2ccccc2)n1Cc1ccccc1)C(=O)c1ccccc1. The summed E-state index contributed by atoms with van der Waals surface area (Å²) in [6, 6.07) is 27.7. The number of nitrogens with zero attached hydrogens (tertiary/aromatic N) is 3. The van der Waals surface area contributed by atoms with Crippen LogP contribution in [0.15, 0.2) is 115 Å². The van der Waals surface area contributed by atoms with Crippen LogP contribution in [0.4, 0.5) is 0 Å². The Labute approximate surface area is 206 Å². The van der Waals surface area contributed by atoms with Gasteiger partial charge < -0.3 is 9.47 Å². The van der Waals surface area contributed by atoms with Gasteiger partial charge in [0.2, 0.25) is 15.0 Å². The number of imidazole rings is 1. The number of carbonyl (C=O) groups excluding carboxylic acids is 1. The van der Waals surface area contributed by atoms with Gasteiger partial charge in [-0.2, -0.15) is 0 Å². The fourth-order valence-electron chi connectivity index (χ4n) is 3.89. The van der Waals surface area contributed by atoms with Crippen LogP contribution >= 0.6 is 0 Å². The van der Waals surface area contributed by atoms with E-state index in [0.717, 1.165) is 5.56 Å². The number of sulfone groups is 1. The highest BCUT2D eigenvalue weighted by molar-refractivity contribution is 7.90. The first kappa shape index (κ1) is 24.2. The molecule has 0 fully saturated rings. The zero-order valence-electron chi connectivity index (χ0n) is 19.3. The van der Waals surface area contributed by atoms with Gasteiger partial charge in [-0.15, -0.1) is 6.58 Å². The third-order valence-electron chi connectivity index (χ3n) is 5.57. The monoisotopic (exact) mass is 485 g/mol. The van der Waals surface area contributed by atoms with Crippen molar-refractivity contribution in [1.29, 1.82) is 0 Å². The lowest BCUT2D eigenvalue weighted by atomic mass is 10.2. The van der Waals surface area contributed by atoms with E-state index in [9.17, 15) is 13.2 Å². The lowest BCUT2D eigenvalue weighted by Gasteiger charge is -2.22. The molecule has 7 heteroatoms. The Bertz CT molecular complexity index is 1380. The van der Waals surface area contributed by atoms with Crippen molar-refractivity contribution < 1.29 is 13.2 Å². The molecular formula is C28H27N3O3S. The van der Waals surface area contributed by atoms with Gasteiger partial charge in [0.15, 0.2) is 0 Å². The van der Waals surface area contributed by atoms with Crippen molar-refractivity contribution in [2.45, 2.75) is 24.0 Å². The van der Waals surface area contributed by atoms with Crippen LogP contribution in [0.5, 0.6) is 0 Å². The smallest absolute Gasteiger partial charge is 0.254 e. The highest BCUT2D eigenvalue weighted by Gasteiger charge is 2.26. The number of rotatable bonds is 10. The summed E-state index contributed by atoms with van der Waals surface area (Å²) in [5.74, 6) is -0.315. The van der Waals surface area contributed by atoms with Crippen molar-refractivity contribution in [1.82, 2.24) is 14.5 Å². The Kier molecular flexibility index (Phi) is 7.57. The molecule has 0 bridgehead atoms. The molecule has 3 aromatic carbocycles. The predicted octanol–water partition coefficient (Wildman–Crippen LogP) is 4.73. The molecule has 35 heavy (non-hydrogen) atoms. The van der Waals surface area contributed by atoms with Crippen molar-refractivity contribution in [3.05, 3.63) is 132 Å². The summed E-state index contributed by atoms with van der Waals surface area (Å²) in [6.45, 7) is 4.62. The van der Waals surface area contributed by atoms with Gasteiger partial charge in [-0.1, -0.05) is 84.9 Å². The molecule has 1 heterocycles. The molecule has 6 nitrogen and oxygen atoms in total. The van der Waals surface area contributed by atoms with E-state index in [1.54, 1.807) is 46.0 Å². The van der Waals surface area contributed by atoms with Gasteiger partial charge in [-0.25, -0.2) is 13.4 Å². The van der Waals surface area contributed by atoms with Crippen molar-refractivity contribution in [2.24, 2.45) is 0 Å². The van der Waals surface area contributed by atoms with Crippen molar-refractivity contribution in [2.75, 3.05) is 6.54 Å². The molecule has 0 saturated heterocycles. The molecule has 0 atom stereocenters. The normalized spacial score (nSPS) is 11.2. The van der Waals surface area contributed by atoms with Gasteiger partial charge >= 0.3 is 0 Å². The van der Waals surface area contributed by atoms with Crippen LogP contribution in [0, 0.1) is 0 Å². The average Bonchev–Trinajstić information content (AvgIpc) is 3.28. The van der Waals surface area contributed by atoms with Crippen molar-refractivity contribution in [3.8, 4) is 0 Å². The van der Waals surface area contributed by atoms with E-state index in [-0.39, 0.29) is 23.4 Å². The third kappa shape index (κ3) is 5.94. The molecule has 178 valence electrons. The molecular weight excluding hydrogens is 458 g/mol.